The van der Waals surface area contributed by atoms with E-state index in [9.17, 15) is 13.2 Å². The Labute approximate surface area is 151 Å². The Morgan fingerprint density at radius 2 is 1.96 bits per heavy atom. The van der Waals surface area contributed by atoms with Gasteiger partial charge in [0.25, 0.3) is 0 Å². The van der Waals surface area contributed by atoms with Crippen LogP contribution in [-0.2, 0) is 19.4 Å². The summed E-state index contributed by atoms with van der Waals surface area (Å²) >= 11 is 0. The number of primary amides is 1. The molecule has 2 fully saturated rings. The molecule has 3 heterocycles. The Kier molecular flexibility index (Phi) is 4.44. The number of amides is 1. The van der Waals surface area contributed by atoms with E-state index >= 15 is 0 Å². The minimum atomic E-state index is -3.40. The highest BCUT2D eigenvalue weighted by Gasteiger charge is 2.38. The molecular formula is C17H22N4O4S. The van der Waals surface area contributed by atoms with Crippen LogP contribution in [0.5, 0.6) is 0 Å². The molecule has 0 aromatic carbocycles. The van der Waals surface area contributed by atoms with E-state index in [1.807, 2.05) is 0 Å². The topological polar surface area (TPSA) is 117 Å². The van der Waals surface area contributed by atoms with Crippen molar-refractivity contribution in [2.45, 2.75) is 48.3 Å². The Morgan fingerprint density at radius 1 is 1.23 bits per heavy atom. The molecule has 8 nitrogen and oxygen atoms in total. The van der Waals surface area contributed by atoms with Crippen molar-refractivity contribution in [3.8, 4) is 0 Å². The van der Waals surface area contributed by atoms with Gasteiger partial charge in [-0.2, -0.15) is 5.10 Å². The van der Waals surface area contributed by atoms with E-state index in [-0.39, 0.29) is 10.1 Å². The number of pyridine rings is 1. The average Bonchev–Trinajstić information content (AvgIpc) is 3.41. The molecule has 140 valence electrons. The van der Waals surface area contributed by atoms with Gasteiger partial charge >= 0.3 is 0 Å². The number of hydrogen-bond donors (Lipinski definition) is 1. The van der Waals surface area contributed by atoms with Crippen molar-refractivity contribution in [3.05, 3.63) is 18.6 Å². The second kappa shape index (κ2) is 6.62. The zero-order chi connectivity index (χ0) is 18.3. The van der Waals surface area contributed by atoms with E-state index in [1.165, 1.54) is 17.1 Å². The molecule has 1 saturated carbocycles. The molecular weight excluding hydrogens is 356 g/mol. The fourth-order valence-electron chi connectivity index (χ4n) is 3.60. The molecule has 0 unspecified atom stereocenters. The molecule has 1 amide bonds. The van der Waals surface area contributed by atoms with Crippen LogP contribution in [0.1, 0.15) is 38.1 Å². The fourth-order valence-corrected chi connectivity index (χ4v) is 5.39. The van der Waals surface area contributed by atoms with E-state index in [0.29, 0.717) is 49.3 Å². The Balaban J connectivity index is 1.72. The zero-order valence-electron chi connectivity index (χ0n) is 14.4. The maximum Gasteiger partial charge on any atom is 0.242 e. The first-order valence-corrected chi connectivity index (χ1v) is 10.5. The molecule has 4 rings (SSSR count). The van der Waals surface area contributed by atoms with Crippen LogP contribution in [0, 0.1) is 5.92 Å². The highest BCUT2D eigenvalue weighted by atomic mass is 32.2. The van der Waals surface area contributed by atoms with Crippen LogP contribution in [0.3, 0.4) is 0 Å². The Bertz CT molecular complexity index is 929. The molecule has 1 atom stereocenters. The van der Waals surface area contributed by atoms with Crippen molar-refractivity contribution in [2.75, 3.05) is 13.2 Å². The van der Waals surface area contributed by atoms with E-state index in [1.54, 1.807) is 6.20 Å². The largest absolute Gasteiger partial charge is 0.381 e. The average molecular weight is 378 g/mol. The molecule has 1 aliphatic heterocycles. The molecule has 0 radical (unpaired) electrons. The number of fused-ring (bicyclic) bond motifs is 1. The van der Waals surface area contributed by atoms with E-state index in [0.717, 1.165) is 12.8 Å². The number of carbonyl (C=O) groups is 1. The third-order valence-electron chi connectivity index (χ3n) is 5.28. The van der Waals surface area contributed by atoms with Gasteiger partial charge in [-0.15, -0.1) is 0 Å². The molecule has 2 N–H and O–H groups in total. The zero-order valence-corrected chi connectivity index (χ0v) is 15.2. The van der Waals surface area contributed by atoms with E-state index < -0.39 is 21.8 Å². The van der Waals surface area contributed by atoms with Crippen LogP contribution in [0.2, 0.25) is 0 Å². The fraction of sp³-hybridized carbons (Fsp3) is 0.588. The van der Waals surface area contributed by atoms with Crippen LogP contribution in [0.25, 0.3) is 10.9 Å². The van der Waals surface area contributed by atoms with Gasteiger partial charge in [-0.25, -0.2) is 8.42 Å². The van der Waals surface area contributed by atoms with Crippen LogP contribution < -0.4 is 5.73 Å². The standard InChI is InChI=1S/C17H22N4O4S/c18-17(22)14(7-11-3-5-25-6-4-11)21-15-9-19-10-16(13(15)8-20-21)26(23,24)12-1-2-12/h8-12,14H,1-7H2,(H2,18,22)/t14-/m0/s1. The minimum Gasteiger partial charge on any atom is -0.381 e. The monoisotopic (exact) mass is 378 g/mol. The third kappa shape index (κ3) is 3.09. The predicted octanol–water partition coefficient (Wildman–Crippen LogP) is 1.21. The maximum absolute atomic E-state index is 12.7. The van der Waals surface area contributed by atoms with E-state index in [4.69, 9.17) is 10.5 Å². The molecule has 26 heavy (non-hydrogen) atoms. The second-order valence-electron chi connectivity index (χ2n) is 7.11. The summed E-state index contributed by atoms with van der Waals surface area (Å²) in [6.45, 7) is 1.36. The molecule has 2 aromatic heterocycles. The lowest BCUT2D eigenvalue weighted by Crippen LogP contribution is -2.30. The van der Waals surface area contributed by atoms with Crippen molar-refractivity contribution < 1.29 is 17.9 Å². The maximum atomic E-state index is 12.7. The lowest BCUT2D eigenvalue weighted by molar-refractivity contribution is -0.122. The number of carbonyl (C=O) groups excluding carboxylic acids is 1. The molecule has 2 aromatic rings. The smallest absolute Gasteiger partial charge is 0.242 e. The molecule has 1 saturated heterocycles. The number of nitrogens with two attached hydrogens (primary N) is 1. The van der Waals surface area contributed by atoms with Crippen LogP contribution in [0.4, 0.5) is 0 Å². The number of hydrogen-bond acceptors (Lipinski definition) is 6. The number of nitrogens with zero attached hydrogens (tertiary/aromatic N) is 3. The molecule has 9 heteroatoms. The van der Waals surface area contributed by atoms with Crippen molar-refractivity contribution in [1.29, 1.82) is 0 Å². The number of ether oxygens (including phenoxy) is 1. The summed E-state index contributed by atoms with van der Waals surface area (Å²) < 4.78 is 32.2. The van der Waals surface area contributed by atoms with Crippen molar-refractivity contribution >= 4 is 26.6 Å². The van der Waals surface area contributed by atoms with Crippen LogP contribution in [-0.4, -0.2) is 47.6 Å². The summed E-state index contributed by atoms with van der Waals surface area (Å²) in [5.41, 5.74) is 6.18. The summed E-state index contributed by atoms with van der Waals surface area (Å²) in [5, 5.41) is 4.49. The second-order valence-corrected chi connectivity index (χ2v) is 9.31. The first-order chi connectivity index (χ1) is 12.5. The number of sulfone groups is 1. The van der Waals surface area contributed by atoms with E-state index in [2.05, 4.69) is 10.1 Å². The summed E-state index contributed by atoms with van der Waals surface area (Å²) in [6, 6.07) is -0.628. The van der Waals surface area contributed by atoms with Crippen molar-refractivity contribution in [3.63, 3.8) is 0 Å². The van der Waals surface area contributed by atoms with Crippen molar-refractivity contribution in [1.82, 2.24) is 14.8 Å². The minimum absolute atomic E-state index is 0.193. The Morgan fingerprint density at radius 3 is 2.62 bits per heavy atom. The number of rotatable bonds is 6. The SMILES string of the molecule is NC(=O)[C@H](CC1CCOCC1)n1ncc2c(S(=O)(=O)C3CC3)cncc21. The van der Waals surface area contributed by atoms with Gasteiger partial charge in [0.05, 0.1) is 28.1 Å². The van der Waals surface area contributed by atoms with Crippen LogP contribution >= 0.6 is 0 Å². The lowest BCUT2D eigenvalue weighted by Gasteiger charge is -2.25. The summed E-state index contributed by atoms with van der Waals surface area (Å²) in [4.78, 5) is 16.4. The third-order valence-corrected chi connectivity index (χ3v) is 7.57. The quantitative estimate of drug-likeness (QED) is 0.807. The summed E-state index contributed by atoms with van der Waals surface area (Å²) in [5.74, 6) is -0.149. The summed E-state index contributed by atoms with van der Waals surface area (Å²) in [7, 11) is -3.40. The molecule has 2 aliphatic rings. The molecule has 0 bridgehead atoms. The van der Waals surface area contributed by atoms with Gasteiger partial charge in [0, 0.05) is 24.8 Å². The lowest BCUT2D eigenvalue weighted by atomic mass is 9.92. The van der Waals surface area contributed by atoms with Gasteiger partial charge in [0.2, 0.25) is 5.91 Å². The van der Waals surface area contributed by atoms with Gasteiger partial charge < -0.3 is 10.5 Å². The highest BCUT2D eigenvalue weighted by molar-refractivity contribution is 7.92. The van der Waals surface area contributed by atoms with Crippen molar-refractivity contribution in [2.24, 2.45) is 11.7 Å². The Hall–Kier alpha value is -2.00. The van der Waals surface area contributed by atoms with Crippen LogP contribution in [0.15, 0.2) is 23.5 Å². The summed E-state index contributed by atoms with van der Waals surface area (Å²) in [6.07, 6.45) is 8.11. The van der Waals surface area contributed by atoms with Gasteiger partial charge in [-0.3, -0.25) is 14.5 Å². The molecule has 0 spiro atoms. The normalized spacial score (nSPS) is 20.3. The first kappa shape index (κ1) is 17.4. The van der Waals surface area contributed by atoms with Gasteiger partial charge in [0.15, 0.2) is 9.84 Å². The predicted molar refractivity (Wildman–Crippen MR) is 94.1 cm³/mol. The first-order valence-electron chi connectivity index (χ1n) is 8.90. The van der Waals surface area contributed by atoms with Gasteiger partial charge in [-0.1, -0.05) is 0 Å². The van der Waals surface area contributed by atoms with Gasteiger partial charge in [-0.05, 0) is 38.0 Å². The highest BCUT2D eigenvalue weighted by Crippen LogP contribution is 2.36. The van der Waals surface area contributed by atoms with Gasteiger partial charge in [0.1, 0.15) is 6.04 Å². The molecule has 1 aliphatic carbocycles. The number of aromatic nitrogens is 3.